The van der Waals surface area contributed by atoms with Crippen LogP contribution in [0.2, 0.25) is 5.02 Å². The van der Waals surface area contributed by atoms with Crippen molar-refractivity contribution in [2.75, 3.05) is 26.2 Å². The molecule has 1 saturated heterocycles. The number of thioether (sulfide) groups is 1. The second kappa shape index (κ2) is 8.21. The van der Waals surface area contributed by atoms with Crippen LogP contribution in [0.25, 0.3) is 6.08 Å². The Hall–Kier alpha value is -2.22. The lowest BCUT2D eigenvalue weighted by molar-refractivity contribution is -0.113. The molecular weight excluding hydrogens is 406 g/mol. The van der Waals surface area contributed by atoms with Gasteiger partial charge in [-0.2, -0.15) is 0 Å². The summed E-state index contributed by atoms with van der Waals surface area (Å²) >= 11 is 12.8. The van der Waals surface area contributed by atoms with E-state index in [-0.39, 0.29) is 5.91 Å². The molecule has 0 unspecified atom stereocenters. The lowest BCUT2D eigenvalue weighted by Crippen LogP contribution is -2.27. The third-order valence-electron chi connectivity index (χ3n) is 3.91. The number of benzene rings is 2. The van der Waals surface area contributed by atoms with Gasteiger partial charge in [0.05, 0.1) is 36.9 Å². The quantitative estimate of drug-likeness (QED) is 0.512. The van der Waals surface area contributed by atoms with E-state index < -0.39 is 0 Å². The first-order chi connectivity index (χ1) is 13.0. The first-order valence-corrected chi connectivity index (χ1v) is 9.42. The topological polar surface area (TPSA) is 48.0 Å². The summed E-state index contributed by atoms with van der Waals surface area (Å²) in [5.74, 6) is 1.59. The molecule has 0 saturated carbocycles. The molecule has 1 heterocycles. The molecule has 1 aliphatic rings. The zero-order valence-corrected chi connectivity index (χ0v) is 17.2. The van der Waals surface area contributed by atoms with Gasteiger partial charge in [-0.15, -0.1) is 0 Å². The second-order valence-electron chi connectivity index (χ2n) is 5.44. The van der Waals surface area contributed by atoms with Crippen LogP contribution in [0.5, 0.6) is 17.2 Å². The van der Waals surface area contributed by atoms with Gasteiger partial charge in [-0.25, -0.2) is 0 Å². The van der Waals surface area contributed by atoms with Crippen LogP contribution in [0, 0.1) is 0 Å². The number of thiocarbonyl (C=S) groups is 1. The number of nitrogens with zero attached hydrogens (tertiary/aromatic N) is 1. The molecule has 5 nitrogen and oxygen atoms in total. The zero-order valence-electron chi connectivity index (χ0n) is 14.8. The molecule has 3 rings (SSSR count). The standard InChI is InChI=1S/C19H16ClNO4S2/c1-23-13-6-4-11(16(10-13)25-3)8-17-18(22)21(19(26)27-17)12-5-7-15(24-2)14(20)9-12/h4-10H,1-3H3/b17-8-. The predicted octanol–water partition coefficient (Wildman–Crippen LogP) is 4.77. The fraction of sp³-hybridized carbons (Fsp3) is 0.158. The summed E-state index contributed by atoms with van der Waals surface area (Å²) in [6.45, 7) is 0. The highest BCUT2D eigenvalue weighted by Crippen LogP contribution is 2.39. The molecule has 1 aliphatic heterocycles. The summed E-state index contributed by atoms with van der Waals surface area (Å²) in [5.41, 5.74) is 1.35. The third-order valence-corrected chi connectivity index (χ3v) is 5.51. The molecule has 0 bridgehead atoms. The van der Waals surface area contributed by atoms with Crippen LogP contribution in [-0.4, -0.2) is 31.6 Å². The van der Waals surface area contributed by atoms with Crippen molar-refractivity contribution >= 4 is 57.6 Å². The summed E-state index contributed by atoms with van der Waals surface area (Å²) in [6, 6.07) is 10.5. The molecule has 0 aliphatic carbocycles. The molecular formula is C19H16ClNO4S2. The summed E-state index contributed by atoms with van der Waals surface area (Å²) in [4.78, 5) is 14.9. The van der Waals surface area contributed by atoms with Crippen molar-refractivity contribution in [3.63, 3.8) is 0 Å². The lowest BCUT2D eigenvalue weighted by Gasteiger charge is -2.15. The third kappa shape index (κ3) is 3.90. The van der Waals surface area contributed by atoms with E-state index in [0.29, 0.717) is 37.2 Å². The van der Waals surface area contributed by atoms with Crippen LogP contribution in [0.4, 0.5) is 5.69 Å². The first-order valence-electron chi connectivity index (χ1n) is 7.82. The minimum Gasteiger partial charge on any atom is -0.497 e. The van der Waals surface area contributed by atoms with Crippen molar-refractivity contribution in [1.82, 2.24) is 0 Å². The maximum absolute atomic E-state index is 12.9. The van der Waals surface area contributed by atoms with Gasteiger partial charge in [0.2, 0.25) is 0 Å². The highest BCUT2D eigenvalue weighted by atomic mass is 35.5. The largest absolute Gasteiger partial charge is 0.497 e. The number of hydrogen-bond donors (Lipinski definition) is 0. The van der Waals surface area contributed by atoms with Gasteiger partial charge in [0.25, 0.3) is 5.91 Å². The van der Waals surface area contributed by atoms with Crippen LogP contribution >= 0.6 is 35.6 Å². The van der Waals surface area contributed by atoms with E-state index in [1.54, 1.807) is 50.6 Å². The maximum Gasteiger partial charge on any atom is 0.270 e. The summed E-state index contributed by atoms with van der Waals surface area (Å²) in [5, 5.41) is 0.407. The Labute approximate surface area is 171 Å². The number of rotatable bonds is 5. The number of anilines is 1. The number of methoxy groups -OCH3 is 3. The van der Waals surface area contributed by atoms with Gasteiger partial charge in [-0.05, 0) is 36.4 Å². The molecule has 0 radical (unpaired) electrons. The van der Waals surface area contributed by atoms with Crippen LogP contribution < -0.4 is 19.1 Å². The molecule has 8 heteroatoms. The van der Waals surface area contributed by atoms with E-state index in [0.717, 1.165) is 5.56 Å². The Kier molecular flexibility index (Phi) is 5.94. The van der Waals surface area contributed by atoms with Crippen molar-refractivity contribution in [2.24, 2.45) is 0 Å². The molecule has 0 N–H and O–H groups in total. The van der Waals surface area contributed by atoms with Crippen LogP contribution in [0.3, 0.4) is 0 Å². The van der Waals surface area contributed by atoms with Gasteiger partial charge in [0.15, 0.2) is 4.32 Å². The first kappa shape index (κ1) is 19.5. The van der Waals surface area contributed by atoms with Gasteiger partial charge in [-0.3, -0.25) is 9.69 Å². The Morgan fingerprint density at radius 3 is 2.41 bits per heavy atom. The molecule has 27 heavy (non-hydrogen) atoms. The summed E-state index contributed by atoms with van der Waals surface area (Å²) in [7, 11) is 4.68. The number of amides is 1. The average molecular weight is 422 g/mol. The van der Waals surface area contributed by atoms with E-state index in [2.05, 4.69) is 0 Å². The fourth-order valence-corrected chi connectivity index (χ4v) is 4.11. The molecule has 1 fully saturated rings. The molecule has 0 aromatic heterocycles. The molecule has 2 aromatic carbocycles. The van der Waals surface area contributed by atoms with Gasteiger partial charge in [0.1, 0.15) is 17.2 Å². The Morgan fingerprint density at radius 1 is 1.04 bits per heavy atom. The normalized spacial score (nSPS) is 15.4. The average Bonchev–Trinajstić information content (AvgIpc) is 2.95. The zero-order chi connectivity index (χ0) is 19.6. The van der Waals surface area contributed by atoms with Crippen molar-refractivity contribution < 1.29 is 19.0 Å². The van der Waals surface area contributed by atoms with Gasteiger partial charge < -0.3 is 14.2 Å². The van der Waals surface area contributed by atoms with E-state index in [4.69, 9.17) is 38.0 Å². The minimum absolute atomic E-state index is 0.218. The van der Waals surface area contributed by atoms with Gasteiger partial charge in [-0.1, -0.05) is 35.6 Å². The summed E-state index contributed by atoms with van der Waals surface area (Å²) in [6.07, 6.45) is 1.75. The van der Waals surface area contributed by atoms with Gasteiger partial charge >= 0.3 is 0 Å². The van der Waals surface area contributed by atoms with Gasteiger partial charge in [0, 0.05) is 11.6 Å². The number of carbonyl (C=O) groups excluding carboxylic acids is 1. The van der Waals surface area contributed by atoms with Crippen molar-refractivity contribution in [3.05, 3.63) is 51.9 Å². The van der Waals surface area contributed by atoms with E-state index >= 15 is 0 Å². The van der Waals surface area contributed by atoms with Crippen LogP contribution in [0.15, 0.2) is 41.3 Å². The Bertz CT molecular complexity index is 945. The second-order valence-corrected chi connectivity index (χ2v) is 7.53. The highest BCUT2D eigenvalue weighted by Gasteiger charge is 2.33. The Balaban J connectivity index is 1.94. The molecule has 2 aromatic rings. The highest BCUT2D eigenvalue weighted by molar-refractivity contribution is 8.27. The van der Waals surface area contributed by atoms with Crippen molar-refractivity contribution in [3.8, 4) is 17.2 Å². The smallest absolute Gasteiger partial charge is 0.270 e. The monoisotopic (exact) mass is 421 g/mol. The number of halogens is 1. The molecule has 0 atom stereocenters. The molecule has 1 amide bonds. The van der Waals surface area contributed by atoms with Crippen LogP contribution in [0.1, 0.15) is 5.56 Å². The SMILES string of the molecule is COc1ccc(/C=C2\SC(=S)N(c3ccc(OC)c(Cl)c3)C2=O)c(OC)c1. The maximum atomic E-state index is 12.9. The van der Waals surface area contributed by atoms with Crippen molar-refractivity contribution in [1.29, 1.82) is 0 Å². The summed E-state index contributed by atoms with van der Waals surface area (Å²) < 4.78 is 16.2. The molecule has 140 valence electrons. The lowest BCUT2D eigenvalue weighted by atomic mass is 10.1. The number of ether oxygens (including phenoxy) is 3. The fourth-order valence-electron chi connectivity index (χ4n) is 2.56. The van der Waals surface area contributed by atoms with E-state index in [9.17, 15) is 4.79 Å². The van der Waals surface area contributed by atoms with Crippen molar-refractivity contribution in [2.45, 2.75) is 0 Å². The molecule has 0 spiro atoms. The van der Waals surface area contributed by atoms with E-state index in [1.807, 2.05) is 6.07 Å². The number of carbonyl (C=O) groups is 1. The van der Waals surface area contributed by atoms with E-state index in [1.165, 1.54) is 23.8 Å². The Morgan fingerprint density at radius 2 is 1.78 bits per heavy atom. The van der Waals surface area contributed by atoms with Crippen LogP contribution in [-0.2, 0) is 4.79 Å². The minimum atomic E-state index is -0.218. The number of hydrogen-bond acceptors (Lipinski definition) is 6. The predicted molar refractivity (Wildman–Crippen MR) is 113 cm³/mol.